The van der Waals surface area contributed by atoms with Crippen LogP contribution in [0.15, 0.2) is 0 Å². The fourth-order valence-corrected chi connectivity index (χ4v) is 0.770. The second-order valence-electron chi connectivity index (χ2n) is 2.30. The number of aromatic nitrogens is 3. The molecule has 0 saturated heterocycles. The Bertz CT molecular complexity index is 206. The molecule has 0 radical (unpaired) electrons. The number of hydrogen-bond donors (Lipinski definition) is 3. The molecule has 0 saturated carbocycles. The number of nitrogens with two attached hydrogens (primary N) is 1. The van der Waals surface area contributed by atoms with Gasteiger partial charge in [0.15, 0.2) is 5.82 Å². The molecule has 0 aliphatic heterocycles. The van der Waals surface area contributed by atoms with Gasteiger partial charge < -0.3 is 11.1 Å². The van der Waals surface area contributed by atoms with Gasteiger partial charge in [0.2, 0.25) is 0 Å². The first kappa shape index (κ1) is 8.16. The van der Waals surface area contributed by atoms with E-state index in [2.05, 4.69) is 20.5 Å². The molecule has 0 fully saturated rings. The van der Waals surface area contributed by atoms with E-state index < -0.39 is 0 Å². The molecule has 0 atom stereocenters. The van der Waals surface area contributed by atoms with Crippen LogP contribution in [0.1, 0.15) is 11.6 Å². The van der Waals surface area contributed by atoms with Crippen molar-refractivity contribution in [2.24, 2.45) is 5.73 Å². The van der Waals surface area contributed by atoms with Crippen molar-refractivity contribution in [3.8, 4) is 0 Å². The molecule has 1 heterocycles. The zero-order valence-electron chi connectivity index (χ0n) is 6.59. The average molecular weight is 155 g/mol. The number of aromatic amines is 1. The maximum atomic E-state index is 5.29. The molecule has 1 aromatic rings. The summed E-state index contributed by atoms with van der Waals surface area (Å²) in [5.74, 6) is 1.63. The van der Waals surface area contributed by atoms with E-state index in [0.29, 0.717) is 13.1 Å². The molecule has 5 heteroatoms. The number of hydrogen-bond acceptors (Lipinski definition) is 4. The average Bonchev–Trinajstić information content (AvgIpc) is 2.37. The third-order valence-corrected chi connectivity index (χ3v) is 1.25. The molecule has 0 amide bonds. The normalized spacial score (nSPS) is 10.4. The summed E-state index contributed by atoms with van der Waals surface area (Å²) in [6.45, 7) is 4.00. The van der Waals surface area contributed by atoms with E-state index in [1.165, 1.54) is 0 Å². The first-order chi connectivity index (χ1) is 5.33. The van der Waals surface area contributed by atoms with Crippen molar-refractivity contribution in [1.29, 1.82) is 0 Å². The highest BCUT2D eigenvalue weighted by Crippen LogP contribution is 1.88. The summed E-state index contributed by atoms with van der Waals surface area (Å²) in [6, 6.07) is 0. The van der Waals surface area contributed by atoms with Crippen LogP contribution in [-0.2, 0) is 6.54 Å². The minimum absolute atomic E-state index is 0.642. The van der Waals surface area contributed by atoms with Crippen molar-refractivity contribution in [3.63, 3.8) is 0 Å². The quantitative estimate of drug-likeness (QED) is 0.495. The zero-order chi connectivity index (χ0) is 8.10. The van der Waals surface area contributed by atoms with Crippen LogP contribution >= 0.6 is 0 Å². The Morgan fingerprint density at radius 2 is 2.45 bits per heavy atom. The fraction of sp³-hybridized carbons (Fsp3) is 0.667. The minimum Gasteiger partial charge on any atom is -0.329 e. The molecule has 1 rings (SSSR count). The lowest BCUT2D eigenvalue weighted by molar-refractivity contribution is 0.668. The molecule has 4 N–H and O–H groups in total. The third-order valence-electron chi connectivity index (χ3n) is 1.25. The van der Waals surface area contributed by atoms with Gasteiger partial charge in [-0.15, -0.1) is 0 Å². The molecule has 1 aromatic heterocycles. The van der Waals surface area contributed by atoms with Crippen LogP contribution in [0.25, 0.3) is 0 Å². The largest absolute Gasteiger partial charge is 0.329 e. The Labute approximate surface area is 65.4 Å². The molecule has 0 unspecified atom stereocenters. The Balaban J connectivity index is 2.27. The van der Waals surface area contributed by atoms with E-state index in [4.69, 9.17) is 5.73 Å². The summed E-state index contributed by atoms with van der Waals surface area (Å²) in [6.07, 6.45) is 0. The van der Waals surface area contributed by atoms with Gasteiger partial charge in [-0.05, 0) is 6.92 Å². The summed E-state index contributed by atoms with van der Waals surface area (Å²) in [7, 11) is 0. The Kier molecular flexibility index (Phi) is 3.00. The second kappa shape index (κ2) is 4.05. The standard InChI is InChI=1S/C6H13N5/c1-5-9-6(11-10-5)4-8-3-2-7/h8H,2-4,7H2,1H3,(H,9,10,11). The summed E-state index contributed by atoms with van der Waals surface area (Å²) < 4.78 is 0. The number of nitrogens with zero attached hydrogens (tertiary/aromatic N) is 2. The minimum atomic E-state index is 0.642. The molecular formula is C6H13N5. The molecule has 0 aromatic carbocycles. The third kappa shape index (κ3) is 2.65. The van der Waals surface area contributed by atoms with Crippen LogP contribution in [-0.4, -0.2) is 28.3 Å². The van der Waals surface area contributed by atoms with Crippen LogP contribution in [0, 0.1) is 6.92 Å². The lowest BCUT2D eigenvalue weighted by Crippen LogP contribution is -2.22. The van der Waals surface area contributed by atoms with Crippen molar-refractivity contribution >= 4 is 0 Å². The molecular weight excluding hydrogens is 142 g/mol. The Morgan fingerprint density at radius 3 is 3.00 bits per heavy atom. The van der Waals surface area contributed by atoms with E-state index in [-0.39, 0.29) is 0 Å². The number of rotatable bonds is 4. The van der Waals surface area contributed by atoms with Gasteiger partial charge in [0.1, 0.15) is 5.82 Å². The van der Waals surface area contributed by atoms with Crippen LogP contribution in [0.4, 0.5) is 0 Å². The monoisotopic (exact) mass is 155 g/mol. The van der Waals surface area contributed by atoms with Crippen LogP contribution in [0.2, 0.25) is 0 Å². The lowest BCUT2D eigenvalue weighted by Gasteiger charge is -1.96. The zero-order valence-corrected chi connectivity index (χ0v) is 6.59. The second-order valence-corrected chi connectivity index (χ2v) is 2.30. The van der Waals surface area contributed by atoms with E-state index in [1.807, 2.05) is 6.92 Å². The highest BCUT2D eigenvalue weighted by Gasteiger charge is 1.96. The first-order valence-electron chi connectivity index (χ1n) is 3.61. The highest BCUT2D eigenvalue weighted by atomic mass is 15.2. The van der Waals surface area contributed by atoms with Gasteiger partial charge >= 0.3 is 0 Å². The molecule has 0 aliphatic carbocycles. The molecule has 0 spiro atoms. The van der Waals surface area contributed by atoms with E-state index in [9.17, 15) is 0 Å². The molecule has 62 valence electrons. The van der Waals surface area contributed by atoms with E-state index in [1.54, 1.807) is 0 Å². The fourth-order valence-electron chi connectivity index (χ4n) is 0.770. The molecule has 0 aliphatic rings. The van der Waals surface area contributed by atoms with Crippen LogP contribution < -0.4 is 11.1 Å². The number of H-pyrrole nitrogens is 1. The predicted molar refractivity (Wildman–Crippen MR) is 41.9 cm³/mol. The van der Waals surface area contributed by atoms with Crippen molar-refractivity contribution in [2.45, 2.75) is 13.5 Å². The molecule has 11 heavy (non-hydrogen) atoms. The van der Waals surface area contributed by atoms with Gasteiger partial charge in [-0.25, -0.2) is 4.98 Å². The van der Waals surface area contributed by atoms with Crippen molar-refractivity contribution < 1.29 is 0 Å². The summed E-state index contributed by atoms with van der Waals surface area (Å²) in [4.78, 5) is 4.11. The first-order valence-corrected chi connectivity index (χ1v) is 3.61. The topological polar surface area (TPSA) is 79.6 Å². The summed E-state index contributed by atoms with van der Waals surface area (Å²) in [5.41, 5.74) is 5.29. The maximum Gasteiger partial charge on any atom is 0.164 e. The van der Waals surface area contributed by atoms with Crippen molar-refractivity contribution in [2.75, 3.05) is 13.1 Å². The van der Waals surface area contributed by atoms with Gasteiger partial charge in [0, 0.05) is 13.1 Å². The van der Waals surface area contributed by atoms with Gasteiger partial charge in [-0.1, -0.05) is 0 Å². The van der Waals surface area contributed by atoms with Crippen molar-refractivity contribution in [3.05, 3.63) is 11.6 Å². The van der Waals surface area contributed by atoms with Gasteiger partial charge in [0.05, 0.1) is 6.54 Å². The molecule has 5 nitrogen and oxygen atoms in total. The summed E-state index contributed by atoms with van der Waals surface area (Å²) in [5, 5.41) is 9.81. The Hall–Kier alpha value is -0.940. The van der Waals surface area contributed by atoms with E-state index in [0.717, 1.165) is 18.2 Å². The lowest BCUT2D eigenvalue weighted by atomic mass is 10.5. The molecule has 0 bridgehead atoms. The number of nitrogens with one attached hydrogen (secondary N) is 2. The Morgan fingerprint density at radius 1 is 1.64 bits per heavy atom. The van der Waals surface area contributed by atoms with E-state index >= 15 is 0 Å². The van der Waals surface area contributed by atoms with Gasteiger partial charge in [-0.2, -0.15) is 5.10 Å². The predicted octanol–water partition coefficient (Wildman–Crippen LogP) is -0.839. The smallest absolute Gasteiger partial charge is 0.164 e. The highest BCUT2D eigenvalue weighted by molar-refractivity contribution is 4.86. The number of aryl methyl sites for hydroxylation is 1. The van der Waals surface area contributed by atoms with Crippen LogP contribution in [0.5, 0.6) is 0 Å². The van der Waals surface area contributed by atoms with Crippen molar-refractivity contribution in [1.82, 2.24) is 20.5 Å². The summed E-state index contributed by atoms with van der Waals surface area (Å²) >= 11 is 0. The SMILES string of the molecule is Cc1nc(CNCCN)n[nH]1. The van der Waals surface area contributed by atoms with Crippen LogP contribution in [0.3, 0.4) is 0 Å². The maximum absolute atomic E-state index is 5.29. The van der Waals surface area contributed by atoms with Gasteiger partial charge in [0.25, 0.3) is 0 Å². The van der Waals surface area contributed by atoms with Gasteiger partial charge in [-0.3, -0.25) is 5.10 Å².